The quantitative estimate of drug-likeness (QED) is 0.693. The molecule has 29 heavy (non-hydrogen) atoms. The standard InChI is InChI=1S/C21H26N6O2/c1-2-3-11-17(28)26-12-7-10-16(14-26)19-22-20-18(21(29)23-19)24-25-27(20)13-15-8-5-4-6-9-15/h4-6,8-9,16H,2-3,7,10-14H2,1H3,(H,22,23,29)/t16-/m1/s1. The fraction of sp³-hybridized carbons (Fsp3) is 0.476. The van der Waals surface area contributed by atoms with Crippen molar-refractivity contribution < 1.29 is 4.79 Å². The molecule has 1 saturated heterocycles. The second kappa shape index (κ2) is 8.55. The van der Waals surface area contributed by atoms with Crippen LogP contribution in [0.1, 0.15) is 56.3 Å². The number of unbranched alkanes of at least 4 members (excludes halogenated alkanes) is 1. The van der Waals surface area contributed by atoms with Crippen molar-refractivity contribution in [2.75, 3.05) is 13.1 Å². The van der Waals surface area contributed by atoms with Gasteiger partial charge < -0.3 is 9.88 Å². The number of H-pyrrole nitrogens is 1. The summed E-state index contributed by atoms with van der Waals surface area (Å²) in [4.78, 5) is 34.5. The van der Waals surface area contributed by atoms with Crippen molar-refractivity contribution >= 4 is 17.1 Å². The number of piperidine rings is 1. The molecule has 1 fully saturated rings. The number of rotatable bonds is 6. The van der Waals surface area contributed by atoms with Gasteiger partial charge in [-0.2, -0.15) is 0 Å². The fourth-order valence-electron chi connectivity index (χ4n) is 3.85. The molecule has 0 unspecified atom stereocenters. The van der Waals surface area contributed by atoms with Gasteiger partial charge in [-0.05, 0) is 24.8 Å². The van der Waals surface area contributed by atoms with Gasteiger partial charge in [0.05, 0.1) is 6.54 Å². The average molecular weight is 394 g/mol. The van der Waals surface area contributed by atoms with Gasteiger partial charge in [0.25, 0.3) is 5.56 Å². The van der Waals surface area contributed by atoms with E-state index in [1.165, 1.54) is 0 Å². The topological polar surface area (TPSA) is 96.8 Å². The van der Waals surface area contributed by atoms with E-state index in [9.17, 15) is 9.59 Å². The van der Waals surface area contributed by atoms with Crippen molar-refractivity contribution in [3.63, 3.8) is 0 Å². The molecule has 1 aromatic carbocycles. The minimum absolute atomic E-state index is 0.0199. The third kappa shape index (κ3) is 4.21. The van der Waals surface area contributed by atoms with Crippen LogP contribution in [0.5, 0.6) is 0 Å². The lowest BCUT2D eigenvalue weighted by Gasteiger charge is -2.32. The Morgan fingerprint density at radius 1 is 1.28 bits per heavy atom. The zero-order chi connectivity index (χ0) is 20.2. The number of benzene rings is 1. The van der Waals surface area contributed by atoms with E-state index in [2.05, 4.69) is 22.2 Å². The molecular formula is C21H26N6O2. The largest absolute Gasteiger partial charge is 0.342 e. The van der Waals surface area contributed by atoms with Crippen LogP contribution in [-0.4, -0.2) is 48.9 Å². The Hall–Kier alpha value is -3.03. The van der Waals surface area contributed by atoms with Crippen LogP contribution in [-0.2, 0) is 11.3 Å². The van der Waals surface area contributed by atoms with E-state index in [1.54, 1.807) is 4.68 Å². The number of fused-ring (bicyclic) bond motifs is 1. The predicted octanol–water partition coefficient (Wildman–Crippen LogP) is 2.46. The van der Waals surface area contributed by atoms with Crippen LogP contribution in [0.4, 0.5) is 0 Å². The zero-order valence-corrected chi connectivity index (χ0v) is 16.7. The van der Waals surface area contributed by atoms with E-state index < -0.39 is 0 Å². The van der Waals surface area contributed by atoms with Crippen LogP contribution in [0.15, 0.2) is 35.1 Å². The Bertz CT molecular complexity index is 1040. The summed E-state index contributed by atoms with van der Waals surface area (Å²) in [7, 11) is 0. The van der Waals surface area contributed by atoms with E-state index >= 15 is 0 Å². The first-order valence-electron chi connectivity index (χ1n) is 10.3. The average Bonchev–Trinajstić information content (AvgIpc) is 3.16. The molecule has 1 aliphatic rings. The maximum absolute atomic E-state index is 12.6. The first kappa shape index (κ1) is 19.3. The Kier molecular flexibility index (Phi) is 5.69. The number of aromatic nitrogens is 5. The highest BCUT2D eigenvalue weighted by Crippen LogP contribution is 2.25. The molecule has 3 heterocycles. The lowest BCUT2D eigenvalue weighted by Crippen LogP contribution is -2.39. The van der Waals surface area contributed by atoms with Crippen LogP contribution in [0.3, 0.4) is 0 Å². The van der Waals surface area contributed by atoms with Gasteiger partial charge in [-0.3, -0.25) is 9.59 Å². The van der Waals surface area contributed by atoms with Crippen LogP contribution in [0.2, 0.25) is 0 Å². The summed E-state index contributed by atoms with van der Waals surface area (Å²) in [6, 6.07) is 9.89. The normalized spacial score (nSPS) is 17.0. The third-order valence-electron chi connectivity index (χ3n) is 5.47. The summed E-state index contributed by atoms with van der Waals surface area (Å²) in [5, 5.41) is 8.15. The molecule has 8 nitrogen and oxygen atoms in total. The number of hydrogen-bond donors (Lipinski definition) is 1. The smallest absolute Gasteiger partial charge is 0.281 e. The maximum atomic E-state index is 12.6. The van der Waals surface area contributed by atoms with Gasteiger partial charge >= 0.3 is 0 Å². The first-order chi connectivity index (χ1) is 14.2. The highest BCUT2D eigenvalue weighted by atomic mass is 16.2. The number of carbonyl (C=O) groups excluding carboxylic acids is 1. The van der Waals surface area contributed by atoms with Gasteiger partial charge in [0.1, 0.15) is 5.82 Å². The minimum Gasteiger partial charge on any atom is -0.342 e. The summed E-state index contributed by atoms with van der Waals surface area (Å²) in [5.41, 5.74) is 1.52. The molecule has 152 valence electrons. The van der Waals surface area contributed by atoms with Crippen molar-refractivity contribution in [1.29, 1.82) is 0 Å². The number of hydrogen-bond acceptors (Lipinski definition) is 5. The summed E-state index contributed by atoms with van der Waals surface area (Å²) in [6.07, 6.45) is 4.30. The van der Waals surface area contributed by atoms with Gasteiger partial charge in [-0.15, -0.1) is 5.10 Å². The van der Waals surface area contributed by atoms with Crippen LogP contribution < -0.4 is 5.56 Å². The highest BCUT2D eigenvalue weighted by Gasteiger charge is 2.27. The van der Waals surface area contributed by atoms with Crippen molar-refractivity contribution in [3.05, 3.63) is 52.1 Å². The van der Waals surface area contributed by atoms with Gasteiger partial charge in [0.15, 0.2) is 11.2 Å². The number of likely N-dealkylation sites (tertiary alicyclic amines) is 1. The van der Waals surface area contributed by atoms with Crippen molar-refractivity contribution in [1.82, 2.24) is 29.9 Å². The number of carbonyl (C=O) groups is 1. The molecule has 0 saturated carbocycles. The molecule has 1 N–H and O–H groups in total. The lowest BCUT2D eigenvalue weighted by molar-refractivity contribution is -0.132. The SMILES string of the molecule is CCCCC(=O)N1CCC[C@@H](c2nc3c(nnn3Cc3ccccc3)c(=O)[nH]2)C1. The zero-order valence-electron chi connectivity index (χ0n) is 16.7. The van der Waals surface area contributed by atoms with Crippen LogP contribution in [0, 0.1) is 0 Å². The molecule has 1 atom stereocenters. The van der Waals surface area contributed by atoms with E-state index in [0.717, 1.165) is 37.8 Å². The van der Waals surface area contributed by atoms with Crippen molar-refractivity contribution in [2.45, 2.75) is 51.5 Å². The molecule has 0 aliphatic carbocycles. The highest BCUT2D eigenvalue weighted by molar-refractivity contribution is 5.76. The predicted molar refractivity (Wildman–Crippen MR) is 110 cm³/mol. The molecule has 1 amide bonds. The van der Waals surface area contributed by atoms with Crippen LogP contribution in [0.25, 0.3) is 11.2 Å². The number of nitrogens with one attached hydrogen (secondary N) is 1. The van der Waals surface area contributed by atoms with Gasteiger partial charge in [0.2, 0.25) is 5.91 Å². The van der Waals surface area contributed by atoms with E-state index in [4.69, 9.17) is 4.98 Å². The number of amides is 1. The van der Waals surface area contributed by atoms with E-state index in [-0.39, 0.29) is 22.9 Å². The Morgan fingerprint density at radius 2 is 2.10 bits per heavy atom. The summed E-state index contributed by atoms with van der Waals surface area (Å²) < 4.78 is 1.66. The molecule has 8 heteroatoms. The second-order valence-corrected chi connectivity index (χ2v) is 7.64. The van der Waals surface area contributed by atoms with Gasteiger partial charge in [-0.25, -0.2) is 9.67 Å². The molecule has 0 spiro atoms. The third-order valence-corrected chi connectivity index (χ3v) is 5.47. The minimum atomic E-state index is -0.279. The maximum Gasteiger partial charge on any atom is 0.281 e. The Balaban J connectivity index is 1.60. The molecular weight excluding hydrogens is 368 g/mol. The fourth-order valence-corrected chi connectivity index (χ4v) is 3.85. The number of aromatic amines is 1. The molecule has 0 radical (unpaired) electrons. The van der Waals surface area contributed by atoms with E-state index in [1.807, 2.05) is 35.2 Å². The Morgan fingerprint density at radius 3 is 2.90 bits per heavy atom. The molecule has 4 rings (SSSR count). The summed E-state index contributed by atoms with van der Waals surface area (Å²) in [5.74, 6) is 0.828. The van der Waals surface area contributed by atoms with Crippen LogP contribution >= 0.6 is 0 Å². The lowest BCUT2D eigenvalue weighted by atomic mass is 9.96. The van der Waals surface area contributed by atoms with Gasteiger partial charge in [0, 0.05) is 25.4 Å². The van der Waals surface area contributed by atoms with E-state index in [0.29, 0.717) is 31.0 Å². The molecule has 3 aromatic rings. The molecule has 1 aliphatic heterocycles. The van der Waals surface area contributed by atoms with Crippen molar-refractivity contribution in [2.24, 2.45) is 0 Å². The summed E-state index contributed by atoms with van der Waals surface area (Å²) >= 11 is 0. The van der Waals surface area contributed by atoms with Gasteiger partial charge in [-0.1, -0.05) is 48.9 Å². The first-order valence-corrected chi connectivity index (χ1v) is 10.3. The summed E-state index contributed by atoms with van der Waals surface area (Å²) in [6.45, 7) is 3.96. The Labute approximate surface area is 168 Å². The molecule has 0 bridgehead atoms. The molecule has 2 aromatic heterocycles. The van der Waals surface area contributed by atoms with Crippen molar-refractivity contribution in [3.8, 4) is 0 Å². The monoisotopic (exact) mass is 394 g/mol. The second-order valence-electron chi connectivity index (χ2n) is 7.64. The number of nitrogens with zero attached hydrogens (tertiary/aromatic N) is 5.